The Balaban J connectivity index is 2.23. The number of hydrogen-bond donors (Lipinski definition) is 1. The third-order valence-electron chi connectivity index (χ3n) is 3.19. The van der Waals surface area contributed by atoms with E-state index in [0.717, 1.165) is 33.0 Å². The monoisotopic (exact) mass is 220 g/mol. The van der Waals surface area contributed by atoms with Crippen molar-refractivity contribution >= 4 is 18.1 Å². The molecule has 0 saturated carbocycles. The normalized spacial score (nSPS) is 13.6. The van der Waals surface area contributed by atoms with Gasteiger partial charge in [-0.3, -0.25) is 4.99 Å². The number of rotatable bonds is 0. The zero-order chi connectivity index (χ0) is 11.4. The van der Waals surface area contributed by atoms with Crippen LogP contribution >= 0.6 is 0 Å². The van der Waals surface area contributed by atoms with Crippen molar-refractivity contribution < 1.29 is 5.11 Å². The molecule has 2 aliphatic heterocycles. The number of benzene rings is 2. The second-order valence-electron chi connectivity index (χ2n) is 4.15. The first-order valence-electron chi connectivity index (χ1n) is 5.42. The molecule has 3 heteroatoms. The Kier molecular flexibility index (Phi) is 1.45. The second kappa shape index (κ2) is 2.83. The number of phenolic OH excluding ortho intramolecular Hbond substituents is 1. The number of aliphatic imine (C=N–C) groups is 1. The van der Waals surface area contributed by atoms with Gasteiger partial charge in [0.1, 0.15) is 5.75 Å². The van der Waals surface area contributed by atoms with Crippen molar-refractivity contribution in [3.63, 3.8) is 0 Å². The Bertz CT molecular complexity index is 804. The molecule has 17 heavy (non-hydrogen) atoms. The highest BCUT2D eigenvalue weighted by Crippen LogP contribution is 2.33. The SMILES string of the molecule is Oc1cc2c(c3c1=CN=C3)-c1ccccc1N=2. The van der Waals surface area contributed by atoms with Crippen molar-refractivity contribution in [1.29, 1.82) is 0 Å². The summed E-state index contributed by atoms with van der Waals surface area (Å²) in [5.74, 6) is 0.243. The van der Waals surface area contributed by atoms with Crippen LogP contribution in [0.5, 0.6) is 5.75 Å². The first-order valence-corrected chi connectivity index (χ1v) is 5.42. The van der Waals surface area contributed by atoms with Gasteiger partial charge in [-0.2, -0.15) is 0 Å². The van der Waals surface area contributed by atoms with Gasteiger partial charge in [-0.15, -0.1) is 0 Å². The molecule has 0 amide bonds. The third-order valence-corrected chi connectivity index (χ3v) is 3.19. The molecule has 3 nitrogen and oxygen atoms in total. The van der Waals surface area contributed by atoms with Crippen LogP contribution in [-0.2, 0) is 0 Å². The molecule has 2 aromatic carbocycles. The first kappa shape index (κ1) is 8.70. The Labute approximate surface area is 97.1 Å². The molecule has 2 aromatic rings. The van der Waals surface area contributed by atoms with Crippen molar-refractivity contribution in [2.24, 2.45) is 9.98 Å². The largest absolute Gasteiger partial charge is 0.507 e. The maximum atomic E-state index is 9.90. The minimum atomic E-state index is 0.243. The van der Waals surface area contributed by atoms with E-state index in [4.69, 9.17) is 0 Å². The molecule has 0 spiro atoms. The summed E-state index contributed by atoms with van der Waals surface area (Å²) in [5.41, 5.74) is 4.11. The minimum absolute atomic E-state index is 0.243. The average Bonchev–Trinajstić information content (AvgIpc) is 2.90. The van der Waals surface area contributed by atoms with E-state index in [1.807, 2.05) is 24.3 Å². The lowest BCUT2D eigenvalue weighted by atomic mass is 9.99. The zero-order valence-electron chi connectivity index (χ0n) is 8.88. The summed E-state index contributed by atoms with van der Waals surface area (Å²) in [7, 11) is 0. The molecule has 2 heterocycles. The average molecular weight is 220 g/mol. The van der Waals surface area contributed by atoms with Gasteiger partial charge in [0.25, 0.3) is 0 Å². The summed E-state index contributed by atoms with van der Waals surface area (Å²) < 4.78 is 0. The van der Waals surface area contributed by atoms with Crippen LogP contribution in [0.3, 0.4) is 0 Å². The van der Waals surface area contributed by atoms with Gasteiger partial charge in [-0.05, 0) is 6.07 Å². The van der Waals surface area contributed by atoms with Crippen LogP contribution in [0.25, 0.3) is 17.3 Å². The predicted molar refractivity (Wildman–Crippen MR) is 66.0 cm³/mol. The number of hydrogen-bond acceptors (Lipinski definition) is 3. The van der Waals surface area contributed by atoms with E-state index in [0.29, 0.717) is 0 Å². The summed E-state index contributed by atoms with van der Waals surface area (Å²) in [6.07, 6.45) is 3.47. The molecule has 0 unspecified atom stereocenters. The lowest BCUT2D eigenvalue weighted by Gasteiger charge is -2.03. The smallest absolute Gasteiger partial charge is 0.127 e. The van der Waals surface area contributed by atoms with Gasteiger partial charge >= 0.3 is 0 Å². The summed E-state index contributed by atoms with van der Waals surface area (Å²) in [5, 5.41) is 11.5. The van der Waals surface area contributed by atoms with Crippen LogP contribution in [0.1, 0.15) is 5.56 Å². The van der Waals surface area contributed by atoms with Gasteiger partial charge in [-0.1, -0.05) is 18.2 Å². The Morgan fingerprint density at radius 3 is 2.94 bits per heavy atom. The Morgan fingerprint density at radius 1 is 1.12 bits per heavy atom. The Morgan fingerprint density at radius 2 is 2.00 bits per heavy atom. The standard InChI is InChI=1S/C14H8N2O/c17-13-5-12-14(10-7-15-6-9(10)13)8-3-1-2-4-11(8)16-12/h1-7,17H. The van der Waals surface area contributed by atoms with Crippen LogP contribution in [0, 0.1) is 0 Å². The third kappa shape index (κ3) is 1.00. The van der Waals surface area contributed by atoms with E-state index in [1.165, 1.54) is 0 Å². The molecule has 0 aromatic heterocycles. The quantitative estimate of drug-likeness (QED) is 0.613. The van der Waals surface area contributed by atoms with Crippen LogP contribution in [0.15, 0.2) is 40.3 Å². The van der Waals surface area contributed by atoms with Gasteiger partial charge in [0.15, 0.2) is 0 Å². The molecule has 80 valence electrons. The number of nitrogens with zero attached hydrogens (tertiary/aromatic N) is 2. The van der Waals surface area contributed by atoms with Crippen molar-refractivity contribution in [2.45, 2.75) is 0 Å². The molecule has 0 atom stereocenters. The molecule has 0 fully saturated rings. The van der Waals surface area contributed by atoms with Crippen molar-refractivity contribution in [3.8, 4) is 16.9 Å². The number of para-hydroxylation sites is 1. The van der Waals surface area contributed by atoms with E-state index >= 15 is 0 Å². The Hall–Kier alpha value is -2.42. The van der Waals surface area contributed by atoms with Crippen LogP contribution in [0.4, 0.5) is 5.69 Å². The molecule has 1 N–H and O–H groups in total. The van der Waals surface area contributed by atoms with E-state index in [9.17, 15) is 5.11 Å². The summed E-state index contributed by atoms with van der Waals surface area (Å²) in [4.78, 5) is 8.63. The fourth-order valence-corrected chi connectivity index (χ4v) is 2.43. The second-order valence-corrected chi connectivity index (χ2v) is 4.15. The number of fused-ring (bicyclic) bond motifs is 5. The van der Waals surface area contributed by atoms with Crippen molar-refractivity contribution in [2.75, 3.05) is 0 Å². The molecule has 0 saturated heterocycles. The minimum Gasteiger partial charge on any atom is -0.507 e. The number of aromatic hydroxyl groups is 1. The van der Waals surface area contributed by atoms with E-state index in [2.05, 4.69) is 9.98 Å². The topological polar surface area (TPSA) is 45.0 Å². The van der Waals surface area contributed by atoms with E-state index in [-0.39, 0.29) is 5.75 Å². The highest BCUT2D eigenvalue weighted by atomic mass is 16.3. The van der Waals surface area contributed by atoms with Gasteiger partial charge < -0.3 is 5.11 Å². The lowest BCUT2D eigenvalue weighted by Crippen LogP contribution is -2.15. The van der Waals surface area contributed by atoms with Gasteiger partial charge in [0, 0.05) is 40.4 Å². The molecular weight excluding hydrogens is 212 g/mol. The summed E-state index contributed by atoms with van der Waals surface area (Å²) >= 11 is 0. The van der Waals surface area contributed by atoms with Crippen LogP contribution in [-0.4, -0.2) is 11.3 Å². The molecule has 0 aliphatic carbocycles. The van der Waals surface area contributed by atoms with Gasteiger partial charge in [-0.25, -0.2) is 4.99 Å². The maximum Gasteiger partial charge on any atom is 0.127 e. The first-order chi connectivity index (χ1) is 8.34. The van der Waals surface area contributed by atoms with Crippen LogP contribution in [0.2, 0.25) is 0 Å². The highest BCUT2D eigenvalue weighted by Gasteiger charge is 2.20. The molecule has 0 bridgehead atoms. The maximum absolute atomic E-state index is 9.90. The van der Waals surface area contributed by atoms with Crippen LogP contribution < -0.4 is 10.6 Å². The summed E-state index contributed by atoms with van der Waals surface area (Å²) in [6, 6.07) is 9.70. The van der Waals surface area contributed by atoms with Gasteiger partial charge in [0.2, 0.25) is 0 Å². The molecule has 0 radical (unpaired) electrons. The van der Waals surface area contributed by atoms with E-state index < -0.39 is 0 Å². The number of phenols is 1. The predicted octanol–water partition coefficient (Wildman–Crippen LogP) is 1.49. The molecular formula is C14H8N2O. The fourth-order valence-electron chi connectivity index (χ4n) is 2.43. The molecule has 2 aliphatic rings. The zero-order valence-corrected chi connectivity index (χ0v) is 8.88. The highest BCUT2D eigenvalue weighted by molar-refractivity contribution is 5.98. The van der Waals surface area contributed by atoms with Gasteiger partial charge in [0.05, 0.1) is 11.0 Å². The summed E-state index contributed by atoms with van der Waals surface area (Å²) in [6.45, 7) is 0. The molecule has 4 rings (SSSR count). The van der Waals surface area contributed by atoms with Crippen molar-refractivity contribution in [1.82, 2.24) is 0 Å². The fraction of sp³-hybridized carbons (Fsp3) is 0. The van der Waals surface area contributed by atoms with E-state index in [1.54, 1.807) is 18.5 Å². The lowest BCUT2D eigenvalue weighted by molar-refractivity contribution is 0.470. The van der Waals surface area contributed by atoms with Crippen molar-refractivity contribution in [3.05, 3.63) is 46.5 Å².